The van der Waals surface area contributed by atoms with Gasteiger partial charge in [0.05, 0.1) is 18.8 Å². The maximum atomic E-state index is 12.4. The molecule has 3 atom stereocenters. The fourth-order valence-electron chi connectivity index (χ4n) is 3.07. The molecule has 1 amide bonds. The predicted molar refractivity (Wildman–Crippen MR) is 90.2 cm³/mol. The second-order valence-corrected chi connectivity index (χ2v) is 6.40. The van der Waals surface area contributed by atoms with Crippen molar-refractivity contribution in [1.82, 2.24) is 4.90 Å². The van der Waals surface area contributed by atoms with Gasteiger partial charge in [-0.1, -0.05) is 32.0 Å². The number of carbonyl (C=O) groups is 1. The summed E-state index contributed by atoms with van der Waals surface area (Å²) in [7, 11) is 0. The van der Waals surface area contributed by atoms with Gasteiger partial charge in [0.2, 0.25) is 5.91 Å². The first kappa shape index (κ1) is 17.0. The van der Waals surface area contributed by atoms with Gasteiger partial charge in [-0.2, -0.15) is 0 Å². The van der Waals surface area contributed by atoms with Crippen molar-refractivity contribution < 1.29 is 9.53 Å². The molecular formula is C18H28N2O2. The molecule has 22 heavy (non-hydrogen) atoms. The number of nitrogens with one attached hydrogen (secondary N) is 1. The van der Waals surface area contributed by atoms with Crippen LogP contribution in [-0.2, 0) is 9.53 Å². The molecule has 1 fully saturated rings. The third kappa shape index (κ3) is 4.55. The highest BCUT2D eigenvalue weighted by Crippen LogP contribution is 2.26. The number of morpholine rings is 1. The Balaban J connectivity index is 1.97. The molecule has 1 aromatic rings. The van der Waals surface area contributed by atoms with Crippen LogP contribution in [0.2, 0.25) is 0 Å². The summed E-state index contributed by atoms with van der Waals surface area (Å²) in [4.78, 5) is 14.5. The lowest BCUT2D eigenvalue weighted by atomic mass is 9.97. The van der Waals surface area contributed by atoms with Crippen LogP contribution >= 0.6 is 0 Å². The average Bonchev–Trinajstić information content (AvgIpc) is 2.45. The minimum atomic E-state index is 0.0528. The topological polar surface area (TPSA) is 41.6 Å². The van der Waals surface area contributed by atoms with Crippen molar-refractivity contribution in [2.24, 2.45) is 0 Å². The average molecular weight is 304 g/mol. The number of para-hydroxylation sites is 1. The van der Waals surface area contributed by atoms with Crippen LogP contribution in [0.25, 0.3) is 0 Å². The molecule has 0 spiro atoms. The number of nitrogens with zero attached hydrogens (tertiary/aromatic N) is 1. The second-order valence-electron chi connectivity index (χ2n) is 6.40. The van der Waals surface area contributed by atoms with Crippen LogP contribution in [0.3, 0.4) is 0 Å². The lowest BCUT2D eigenvalue weighted by molar-refractivity contribution is -0.121. The van der Waals surface area contributed by atoms with Gasteiger partial charge in [-0.05, 0) is 37.8 Å². The van der Waals surface area contributed by atoms with Crippen LogP contribution in [0.4, 0.5) is 5.69 Å². The molecular weight excluding hydrogens is 276 g/mol. The highest BCUT2D eigenvalue weighted by Gasteiger charge is 2.24. The van der Waals surface area contributed by atoms with Gasteiger partial charge in [0.1, 0.15) is 0 Å². The number of anilines is 1. The van der Waals surface area contributed by atoms with E-state index in [0.29, 0.717) is 12.5 Å². The summed E-state index contributed by atoms with van der Waals surface area (Å²) in [5, 5.41) is 3.08. The Morgan fingerprint density at radius 2 is 1.95 bits per heavy atom. The fourth-order valence-corrected chi connectivity index (χ4v) is 3.07. The molecule has 122 valence electrons. The molecule has 4 heteroatoms. The van der Waals surface area contributed by atoms with Crippen molar-refractivity contribution in [2.75, 3.05) is 25.0 Å². The maximum Gasteiger partial charge on any atom is 0.238 e. The Morgan fingerprint density at radius 3 is 2.59 bits per heavy atom. The number of rotatable bonds is 5. The molecule has 4 nitrogen and oxygen atoms in total. The Kier molecular flexibility index (Phi) is 5.98. The molecule has 1 heterocycles. The van der Waals surface area contributed by atoms with Gasteiger partial charge in [-0.15, -0.1) is 0 Å². The van der Waals surface area contributed by atoms with Crippen LogP contribution in [0.1, 0.15) is 45.6 Å². The number of ether oxygens (including phenoxy) is 1. The van der Waals surface area contributed by atoms with Crippen molar-refractivity contribution in [3.63, 3.8) is 0 Å². The van der Waals surface area contributed by atoms with E-state index >= 15 is 0 Å². The van der Waals surface area contributed by atoms with Crippen molar-refractivity contribution in [3.8, 4) is 0 Å². The molecule has 1 aromatic carbocycles. The minimum Gasteiger partial charge on any atom is -0.373 e. The molecule has 1 N–H and O–H groups in total. The summed E-state index contributed by atoms with van der Waals surface area (Å²) >= 11 is 0. The van der Waals surface area contributed by atoms with E-state index in [0.717, 1.165) is 25.2 Å². The van der Waals surface area contributed by atoms with E-state index in [1.807, 2.05) is 18.2 Å². The van der Waals surface area contributed by atoms with E-state index in [1.165, 1.54) is 5.56 Å². The zero-order valence-electron chi connectivity index (χ0n) is 14.1. The minimum absolute atomic E-state index is 0.0528. The summed E-state index contributed by atoms with van der Waals surface area (Å²) in [6.45, 7) is 10.5. The molecule has 1 aliphatic rings. The Morgan fingerprint density at radius 1 is 1.32 bits per heavy atom. The third-order valence-corrected chi connectivity index (χ3v) is 4.24. The normalized spacial score (nSPS) is 24.0. The van der Waals surface area contributed by atoms with Gasteiger partial charge >= 0.3 is 0 Å². The van der Waals surface area contributed by atoms with Gasteiger partial charge in [0, 0.05) is 18.8 Å². The van der Waals surface area contributed by atoms with E-state index in [9.17, 15) is 4.79 Å². The molecule has 0 bridgehead atoms. The predicted octanol–water partition coefficient (Wildman–Crippen LogP) is 3.25. The number of amides is 1. The van der Waals surface area contributed by atoms with Crippen LogP contribution in [0.15, 0.2) is 24.3 Å². The lowest BCUT2D eigenvalue weighted by Crippen LogP contribution is -2.48. The number of hydrogen-bond acceptors (Lipinski definition) is 3. The largest absolute Gasteiger partial charge is 0.373 e. The fraction of sp³-hybridized carbons (Fsp3) is 0.611. The first-order valence-electron chi connectivity index (χ1n) is 8.26. The molecule has 0 aliphatic carbocycles. The molecule has 1 saturated heterocycles. The third-order valence-electron chi connectivity index (χ3n) is 4.24. The lowest BCUT2D eigenvalue weighted by Gasteiger charge is -2.34. The van der Waals surface area contributed by atoms with Gasteiger partial charge < -0.3 is 10.1 Å². The zero-order valence-corrected chi connectivity index (χ0v) is 14.1. The summed E-state index contributed by atoms with van der Waals surface area (Å²) in [5.74, 6) is 0.497. The summed E-state index contributed by atoms with van der Waals surface area (Å²) < 4.78 is 5.71. The zero-order chi connectivity index (χ0) is 16.1. The smallest absolute Gasteiger partial charge is 0.238 e. The van der Waals surface area contributed by atoms with Gasteiger partial charge in [0.25, 0.3) is 0 Å². The SMILES string of the molecule is CC[C@H](C)c1ccccc1NC(=O)CN1C[C@@H](C)O[C@H](C)C1. The second kappa shape index (κ2) is 7.75. The van der Waals surface area contributed by atoms with Gasteiger partial charge in [0.15, 0.2) is 0 Å². The molecule has 2 rings (SSSR count). The Bertz CT molecular complexity index is 494. The van der Waals surface area contributed by atoms with Crippen molar-refractivity contribution >= 4 is 11.6 Å². The summed E-state index contributed by atoms with van der Waals surface area (Å²) in [6, 6.07) is 8.09. The van der Waals surface area contributed by atoms with E-state index in [4.69, 9.17) is 4.74 Å². The standard InChI is InChI=1S/C18H28N2O2/c1-5-13(2)16-8-6-7-9-17(16)19-18(21)12-20-10-14(3)22-15(4)11-20/h6-9,13-15H,5,10-12H2,1-4H3,(H,19,21)/t13-,14+,15+/m0/s1. The van der Waals surface area contributed by atoms with E-state index in [2.05, 4.69) is 44.0 Å². The highest BCUT2D eigenvalue weighted by molar-refractivity contribution is 5.93. The van der Waals surface area contributed by atoms with Crippen LogP contribution < -0.4 is 5.32 Å². The summed E-state index contributed by atoms with van der Waals surface area (Å²) in [5.41, 5.74) is 2.15. The van der Waals surface area contributed by atoms with E-state index < -0.39 is 0 Å². The van der Waals surface area contributed by atoms with Crippen molar-refractivity contribution in [1.29, 1.82) is 0 Å². The molecule has 0 radical (unpaired) electrons. The highest BCUT2D eigenvalue weighted by atomic mass is 16.5. The van der Waals surface area contributed by atoms with Gasteiger partial charge in [-0.3, -0.25) is 9.69 Å². The van der Waals surface area contributed by atoms with Crippen LogP contribution in [0, 0.1) is 0 Å². The van der Waals surface area contributed by atoms with Crippen molar-refractivity contribution in [2.45, 2.75) is 52.2 Å². The Hall–Kier alpha value is -1.39. The quantitative estimate of drug-likeness (QED) is 0.908. The van der Waals surface area contributed by atoms with E-state index in [1.54, 1.807) is 0 Å². The number of benzene rings is 1. The molecule has 0 saturated carbocycles. The number of carbonyl (C=O) groups excluding carboxylic acids is 1. The number of hydrogen-bond donors (Lipinski definition) is 1. The van der Waals surface area contributed by atoms with Crippen molar-refractivity contribution in [3.05, 3.63) is 29.8 Å². The first-order valence-corrected chi connectivity index (χ1v) is 8.26. The molecule has 0 aromatic heterocycles. The van der Waals surface area contributed by atoms with E-state index in [-0.39, 0.29) is 18.1 Å². The van der Waals surface area contributed by atoms with Gasteiger partial charge in [-0.25, -0.2) is 0 Å². The molecule has 1 aliphatic heterocycles. The Labute approximate surface area is 133 Å². The summed E-state index contributed by atoms with van der Waals surface area (Å²) in [6.07, 6.45) is 1.43. The monoisotopic (exact) mass is 304 g/mol. The van der Waals surface area contributed by atoms with Crippen LogP contribution in [-0.4, -0.2) is 42.6 Å². The maximum absolute atomic E-state index is 12.4. The van der Waals surface area contributed by atoms with Crippen LogP contribution in [0.5, 0.6) is 0 Å². The molecule has 0 unspecified atom stereocenters. The first-order chi connectivity index (χ1) is 10.5.